The van der Waals surface area contributed by atoms with Crippen molar-refractivity contribution in [1.82, 2.24) is 0 Å². The number of alkyl halides is 1. The number of ether oxygens (including phenoxy) is 1. The van der Waals surface area contributed by atoms with E-state index in [1.165, 1.54) is 0 Å². The molecule has 1 atom stereocenters. The lowest BCUT2D eigenvalue weighted by Crippen LogP contribution is -1.98. The van der Waals surface area contributed by atoms with Crippen molar-refractivity contribution in [3.8, 4) is 5.75 Å². The van der Waals surface area contributed by atoms with Gasteiger partial charge in [-0.3, -0.25) is 0 Å². The maximum atomic E-state index is 6.52. The van der Waals surface area contributed by atoms with E-state index in [0.29, 0.717) is 5.02 Å². The molecule has 1 unspecified atom stereocenters. The molecule has 0 radical (unpaired) electrons. The molecule has 4 heteroatoms. The van der Waals surface area contributed by atoms with Gasteiger partial charge in [-0.05, 0) is 29.8 Å². The first-order valence-electron chi connectivity index (χ1n) is 5.35. The monoisotopic (exact) mass is 344 g/mol. The predicted molar refractivity (Wildman–Crippen MR) is 79.8 cm³/mol. The zero-order chi connectivity index (χ0) is 13.1. The third-order valence-corrected chi connectivity index (χ3v) is 4.07. The molecule has 1 nitrogen and oxygen atoms in total. The molecule has 0 fully saturated rings. The molecule has 0 spiro atoms. The molecular formula is C14H11BrCl2O. The average molecular weight is 346 g/mol. The molecule has 0 aliphatic carbocycles. The minimum Gasteiger partial charge on any atom is -0.496 e. The van der Waals surface area contributed by atoms with Crippen molar-refractivity contribution in [3.05, 3.63) is 63.1 Å². The Morgan fingerprint density at radius 2 is 1.83 bits per heavy atom. The Morgan fingerprint density at radius 3 is 2.50 bits per heavy atom. The molecule has 2 aromatic rings. The van der Waals surface area contributed by atoms with Crippen LogP contribution in [0.5, 0.6) is 5.75 Å². The van der Waals surface area contributed by atoms with Gasteiger partial charge in [-0.2, -0.15) is 0 Å². The normalized spacial score (nSPS) is 12.2. The maximum absolute atomic E-state index is 6.52. The fourth-order valence-electron chi connectivity index (χ4n) is 1.75. The Morgan fingerprint density at radius 1 is 1.11 bits per heavy atom. The first-order valence-corrected chi connectivity index (χ1v) is 6.96. The first kappa shape index (κ1) is 13.7. The number of hydrogen-bond donors (Lipinski definition) is 0. The van der Waals surface area contributed by atoms with Crippen LogP contribution in [0.4, 0.5) is 0 Å². The van der Waals surface area contributed by atoms with E-state index >= 15 is 0 Å². The highest BCUT2D eigenvalue weighted by molar-refractivity contribution is 9.10. The second-order valence-corrected chi connectivity index (χ2v) is 5.50. The summed E-state index contributed by atoms with van der Waals surface area (Å²) in [6.07, 6.45) is 0. The molecule has 0 saturated carbocycles. The van der Waals surface area contributed by atoms with Gasteiger partial charge in [0, 0.05) is 15.1 Å². The Bertz CT molecular complexity index is 557. The Hall–Kier alpha value is -0.700. The molecule has 0 saturated heterocycles. The summed E-state index contributed by atoms with van der Waals surface area (Å²) in [4.78, 5) is 0. The van der Waals surface area contributed by atoms with Gasteiger partial charge in [-0.25, -0.2) is 0 Å². The molecule has 0 N–H and O–H groups in total. The SMILES string of the molecule is COc1ccc(Cl)cc1C(Cl)c1ccccc1Br. The van der Waals surface area contributed by atoms with Crippen LogP contribution < -0.4 is 4.74 Å². The molecule has 0 bridgehead atoms. The molecule has 0 amide bonds. The highest BCUT2D eigenvalue weighted by Gasteiger charge is 2.18. The Labute approximate surface area is 125 Å². The van der Waals surface area contributed by atoms with Gasteiger partial charge in [-0.1, -0.05) is 45.7 Å². The van der Waals surface area contributed by atoms with Crippen LogP contribution in [0.15, 0.2) is 46.9 Å². The molecule has 0 aliphatic heterocycles. The molecule has 0 aromatic heterocycles. The van der Waals surface area contributed by atoms with Crippen LogP contribution in [0, 0.1) is 0 Å². The van der Waals surface area contributed by atoms with Crippen molar-refractivity contribution in [1.29, 1.82) is 0 Å². The zero-order valence-corrected chi connectivity index (χ0v) is 12.8. The molecule has 2 rings (SSSR count). The summed E-state index contributed by atoms with van der Waals surface area (Å²) >= 11 is 16.0. The van der Waals surface area contributed by atoms with E-state index in [9.17, 15) is 0 Å². The van der Waals surface area contributed by atoms with Gasteiger partial charge in [0.15, 0.2) is 0 Å². The van der Waals surface area contributed by atoms with E-state index in [-0.39, 0.29) is 5.38 Å². The summed E-state index contributed by atoms with van der Waals surface area (Å²) < 4.78 is 6.29. The van der Waals surface area contributed by atoms with Gasteiger partial charge in [-0.15, -0.1) is 11.6 Å². The lowest BCUT2D eigenvalue weighted by Gasteiger charge is -2.16. The fourth-order valence-corrected chi connectivity index (χ4v) is 2.94. The van der Waals surface area contributed by atoms with Gasteiger partial charge >= 0.3 is 0 Å². The number of methoxy groups -OCH3 is 1. The molecule has 2 aromatic carbocycles. The number of rotatable bonds is 3. The van der Waals surface area contributed by atoms with Crippen molar-refractivity contribution >= 4 is 39.1 Å². The van der Waals surface area contributed by atoms with Crippen molar-refractivity contribution in [2.45, 2.75) is 5.38 Å². The lowest BCUT2D eigenvalue weighted by atomic mass is 10.0. The Balaban J connectivity index is 2.48. The van der Waals surface area contributed by atoms with E-state index in [4.69, 9.17) is 27.9 Å². The number of hydrogen-bond acceptors (Lipinski definition) is 1. The van der Waals surface area contributed by atoms with Gasteiger partial charge in [0.25, 0.3) is 0 Å². The first-order chi connectivity index (χ1) is 8.63. The van der Waals surface area contributed by atoms with Gasteiger partial charge in [0.1, 0.15) is 5.75 Å². The largest absolute Gasteiger partial charge is 0.496 e. The third kappa shape index (κ3) is 2.82. The zero-order valence-electron chi connectivity index (χ0n) is 9.66. The highest BCUT2D eigenvalue weighted by atomic mass is 79.9. The minimum atomic E-state index is -0.311. The second-order valence-electron chi connectivity index (χ2n) is 3.77. The summed E-state index contributed by atoms with van der Waals surface area (Å²) in [5.41, 5.74) is 1.85. The van der Waals surface area contributed by atoms with Crippen molar-refractivity contribution < 1.29 is 4.74 Å². The van der Waals surface area contributed by atoms with Crippen LogP contribution in [0.25, 0.3) is 0 Å². The van der Waals surface area contributed by atoms with Crippen LogP contribution in [0.1, 0.15) is 16.5 Å². The van der Waals surface area contributed by atoms with Crippen LogP contribution in [0.2, 0.25) is 5.02 Å². The van der Waals surface area contributed by atoms with E-state index < -0.39 is 0 Å². The van der Waals surface area contributed by atoms with Gasteiger partial charge in [0.2, 0.25) is 0 Å². The summed E-state index contributed by atoms with van der Waals surface area (Å²) in [7, 11) is 1.62. The number of halogens is 3. The van der Waals surface area contributed by atoms with Gasteiger partial charge < -0.3 is 4.74 Å². The van der Waals surface area contributed by atoms with E-state index in [1.54, 1.807) is 13.2 Å². The van der Waals surface area contributed by atoms with Crippen LogP contribution in [0.3, 0.4) is 0 Å². The summed E-state index contributed by atoms with van der Waals surface area (Å²) in [6, 6.07) is 13.3. The summed E-state index contributed by atoms with van der Waals surface area (Å²) in [5, 5.41) is 0.331. The fraction of sp³-hybridized carbons (Fsp3) is 0.143. The smallest absolute Gasteiger partial charge is 0.123 e. The third-order valence-electron chi connectivity index (χ3n) is 2.64. The van der Waals surface area contributed by atoms with E-state index in [1.807, 2.05) is 36.4 Å². The van der Waals surface area contributed by atoms with Crippen molar-refractivity contribution in [2.24, 2.45) is 0 Å². The van der Waals surface area contributed by atoms with Crippen LogP contribution in [-0.2, 0) is 0 Å². The van der Waals surface area contributed by atoms with Crippen LogP contribution in [-0.4, -0.2) is 7.11 Å². The number of benzene rings is 2. The van der Waals surface area contributed by atoms with Crippen molar-refractivity contribution in [2.75, 3.05) is 7.11 Å². The lowest BCUT2D eigenvalue weighted by molar-refractivity contribution is 0.410. The average Bonchev–Trinajstić information content (AvgIpc) is 2.38. The second kappa shape index (κ2) is 5.96. The van der Waals surface area contributed by atoms with Crippen molar-refractivity contribution in [3.63, 3.8) is 0 Å². The summed E-state index contributed by atoms with van der Waals surface area (Å²) in [5.74, 6) is 0.732. The van der Waals surface area contributed by atoms with Gasteiger partial charge in [0.05, 0.1) is 12.5 Å². The quantitative estimate of drug-likeness (QED) is 0.673. The molecule has 18 heavy (non-hydrogen) atoms. The molecular weight excluding hydrogens is 335 g/mol. The van der Waals surface area contributed by atoms with E-state index in [2.05, 4.69) is 15.9 Å². The maximum Gasteiger partial charge on any atom is 0.123 e. The highest BCUT2D eigenvalue weighted by Crippen LogP contribution is 2.39. The standard InChI is InChI=1S/C14H11BrCl2O/c1-18-13-7-6-9(16)8-11(13)14(17)10-4-2-3-5-12(10)15/h2-8,14H,1H3. The molecule has 94 valence electrons. The molecule has 0 aliphatic rings. The Kier molecular flexibility index (Phi) is 4.55. The van der Waals surface area contributed by atoms with E-state index in [0.717, 1.165) is 21.3 Å². The van der Waals surface area contributed by atoms with Crippen LogP contribution >= 0.6 is 39.1 Å². The topological polar surface area (TPSA) is 9.23 Å². The summed E-state index contributed by atoms with van der Waals surface area (Å²) in [6.45, 7) is 0. The predicted octanol–water partition coefficient (Wildman–Crippen LogP) is 5.44. The molecule has 0 heterocycles. The minimum absolute atomic E-state index is 0.311.